The Bertz CT molecular complexity index is 900. The van der Waals surface area contributed by atoms with E-state index in [4.69, 9.17) is 9.47 Å². The molecular weight excluding hydrogens is 382 g/mol. The Hall–Kier alpha value is -3.41. The molecule has 0 saturated carbocycles. The summed E-state index contributed by atoms with van der Waals surface area (Å²) in [6.45, 7) is 5.06. The zero-order valence-electron chi connectivity index (χ0n) is 17.7. The van der Waals surface area contributed by atoms with E-state index in [1.54, 1.807) is 49.6 Å². The molecule has 1 N–H and O–H groups in total. The van der Waals surface area contributed by atoms with E-state index in [1.807, 2.05) is 19.1 Å². The van der Waals surface area contributed by atoms with Gasteiger partial charge in [-0.2, -0.15) is 0 Å². The van der Waals surface area contributed by atoms with Gasteiger partial charge in [0.25, 0.3) is 0 Å². The number of nitrogens with one attached hydrogen (secondary N) is 1. The van der Waals surface area contributed by atoms with Crippen LogP contribution in [0.2, 0.25) is 0 Å². The van der Waals surface area contributed by atoms with E-state index in [2.05, 4.69) is 5.32 Å². The molecule has 0 bridgehead atoms. The van der Waals surface area contributed by atoms with Crippen LogP contribution in [-0.2, 0) is 20.7 Å². The summed E-state index contributed by atoms with van der Waals surface area (Å²) in [7, 11) is 1.58. The van der Waals surface area contributed by atoms with Crippen molar-refractivity contribution in [3.05, 3.63) is 71.3 Å². The van der Waals surface area contributed by atoms with Gasteiger partial charge in [-0.1, -0.05) is 43.3 Å². The maximum Gasteiger partial charge on any atom is 0.329 e. The van der Waals surface area contributed by atoms with Crippen molar-refractivity contribution >= 4 is 23.7 Å². The van der Waals surface area contributed by atoms with Crippen molar-refractivity contribution in [1.82, 2.24) is 5.32 Å². The fourth-order valence-corrected chi connectivity index (χ4v) is 2.68. The van der Waals surface area contributed by atoms with E-state index in [0.717, 1.165) is 23.3 Å². The largest absolute Gasteiger partial charge is 0.497 e. The Balaban J connectivity index is 1.86. The Kier molecular flexibility index (Phi) is 8.35. The van der Waals surface area contributed by atoms with Gasteiger partial charge in [-0.05, 0) is 49.6 Å². The second-order valence-electron chi connectivity index (χ2n) is 6.83. The van der Waals surface area contributed by atoms with Crippen LogP contribution in [0.25, 0.3) is 6.08 Å². The van der Waals surface area contributed by atoms with Crippen LogP contribution in [-0.4, -0.2) is 36.9 Å². The van der Waals surface area contributed by atoms with Crippen LogP contribution < -0.4 is 10.1 Å². The van der Waals surface area contributed by atoms with Crippen LogP contribution in [0.3, 0.4) is 0 Å². The second-order valence-corrected chi connectivity index (χ2v) is 6.83. The highest BCUT2D eigenvalue weighted by molar-refractivity contribution is 6.00. The fraction of sp³-hybridized carbons (Fsp3) is 0.292. The number of aryl methyl sites for hydroxylation is 1. The zero-order chi connectivity index (χ0) is 22.1. The lowest BCUT2D eigenvalue weighted by atomic mass is 10.0. The van der Waals surface area contributed by atoms with Crippen LogP contribution in [0.5, 0.6) is 5.75 Å². The second kappa shape index (κ2) is 11.0. The van der Waals surface area contributed by atoms with E-state index in [-0.39, 0.29) is 5.78 Å². The lowest BCUT2D eigenvalue weighted by molar-refractivity contribution is -0.149. The van der Waals surface area contributed by atoms with Gasteiger partial charge in [0.15, 0.2) is 6.10 Å². The van der Waals surface area contributed by atoms with Crippen LogP contribution in [0.1, 0.15) is 42.3 Å². The molecule has 2 atom stereocenters. The minimum Gasteiger partial charge on any atom is -0.497 e. The third kappa shape index (κ3) is 6.58. The van der Waals surface area contributed by atoms with Crippen molar-refractivity contribution in [2.24, 2.45) is 0 Å². The molecule has 0 aromatic heterocycles. The minimum absolute atomic E-state index is 0.288. The summed E-state index contributed by atoms with van der Waals surface area (Å²) in [5.74, 6) is -0.682. The number of hydrogen-bond acceptors (Lipinski definition) is 5. The van der Waals surface area contributed by atoms with Crippen LogP contribution in [0.15, 0.2) is 54.6 Å². The van der Waals surface area contributed by atoms with E-state index in [1.165, 1.54) is 19.9 Å². The van der Waals surface area contributed by atoms with Crippen molar-refractivity contribution in [2.75, 3.05) is 7.11 Å². The highest BCUT2D eigenvalue weighted by Gasteiger charge is 2.23. The summed E-state index contributed by atoms with van der Waals surface area (Å²) in [6.07, 6.45) is 2.89. The summed E-state index contributed by atoms with van der Waals surface area (Å²) in [4.78, 5) is 36.7. The molecule has 6 nitrogen and oxygen atoms in total. The molecule has 0 unspecified atom stereocenters. The van der Waals surface area contributed by atoms with Gasteiger partial charge >= 0.3 is 5.97 Å². The summed E-state index contributed by atoms with van der Waals surface area (Å²) in [5, 5.41) is 2.54. The molecule has 0 aliphatic rings. The van der Waals surface area contributed by atoms with Crippen LogP contribution in [0.4, 0.5) is 0 Å². The first-order valence-corrected chi connectivity index (χ1v) is 9.80. The molecule has 0 heterocycles. The number of ketones is 1. The molecule has 6 heteroatoms. The van der Waals surface area contributed by atoms with Crippen molar-refractivity contribution in [1.29, 1.82) is 0 Å². The molecule has 30 heavy (non-hydrogen) atoms. The van der Waals surface area contributed by atoms with E-state index < -0.39 is 24.0 Å². The lowest BCUT2D eigenvalue weighted by Gasteiger charge is -2.16. The third-order valence-electron chi connectivity index (χ3n) is 4.56. The number of amides is 1. The molecule has 0 fully saturated rings. The Morgan fingerprint density at radius 1 is 1.00 bits per heavy atom. The van der Waals surface area contributed by atoms with Crippen molar-refractivity contribution in [2.45, 2.75) is 39.3 Å². The molecule has 0 saturated heterocycles. The smallest absolute Gasteiger partial charge is 0.329 e. The summed E-state index contributed by atoms with van der Waals surface area (Å²) in [5.41, 5.74) is 2.41. The van der Waals surface area contributed by atoms with Crippen molar-refractivity contribution in [3.63, 3.8) is 0 Å². The molecule has 2 rings (SSSR count). The molecule has 158 valence electrons. The number of methoxy groups -OCH3 is 1. The van der Waals surface area contributed by atoms with Gasteiger partial charge in [-0.25, -0.2) is 4.79 Å². The van der Waals surface area contributed by atoms with Gasteiger partial charge in [0.05, 0.1) is 7.11 Å². The normalized spacial score (nSPS) is 12.8. The SMILES string of the molecule is CCc1ccc(C(=O)[C@@H](C)OC(=O)[C@H](C)NC(=O)/C=C/c2ccc(OC)cc2)cc1. The quantitative estimate of drug-likeness (QED) is 0.389. The van der Waals surface area contributed by atoms with Gasteiger partial charge in [-0.3, -0.25) is 9.59 Å². The topological polar surface area (TPSA) is 81.7 Å². The van der Waals surface area contributed by atoms with Crippen molar-refractivity contribution < 1.29 is 23.9 Å². The maximum atomic E-state index is 12.4. The maximum absolute atomic E-state index is 12.4. The monoisotopic (exact) mass is 409 g/mol. The highest BCUT2D eigenvalue weighted by Crippen LogP contribution is 2.12. The van der Waals surface area contributed by atoms with Gasteiger partial charge in [0.1, 0.15) is 11.8 Å². The predicted molar refractivity (Wildman–Crippen MR) is 115 cm³/mol. The molecular formula is C24H27NO5. The van der Waals surface area contributed by atoms with Gasteiger partial charge in [-0.15, -0.1) is 0 Å². The molecule has 0 aliphatic carbocycles. The first-order chi connectivity index (χ1) is 14.3. The molecule has 0 radical (unpaired) electrons. The number of rotatable bonds is 9. The number of carbonyl (C=O) groups is 3. The fourth-order valence-electron chi connectivity index (χ4n) is 2.68. The lowest BCUT2D eigenvalue weighted by Crippen LogP contribution is -2.41. The average molecular weight is 409 g/mol. The van der Waals surface area contributed by atoms with Crippen molar-refractivity contribution in [3.8, 4) is 5.75 Å². The van der Waals surface area contributed by atoms with Crippen LogP contribution in [0, 0.1) is 0 Å². The Morgan fingerprint density at radius 3 is 2.20 bits per heavy atom. The standard InChI is InChI=1S/C24H27NO5/c1-5-18-6-11-20(12-7-18)23(27)17(3)30-24(28)16(2)25-22(26)15-10-19-8-13-21(29-4)14-9-19/h6-17H,5H2,1-4H3,(H,25,26)/b15-10+/t16-,17+/m0/s1. The van der Waals surface area contributed by atoms with Gasteiger partial charge < -0.3 is 14.8 Å². The molecule has 1 amide bonds. The minimum atomic E-state index is -0.945. The summed E-state index contributed by atoms with van der Waals surface area (Å²) >= 11 is 0. The predicted octanol–water partition coefficient (Wildman–Crippen LogP) is 3.59. The van der Waals surface area contributed by atoms with Gasteiger partial charge in [0, 0.05) is 11.6 Å². The summed E-state index contributed by atoms with van der Waals surface area (Å²) in [6, 6.07) is 13.5. The molecule has 0 spiro atoms. The number of esters is 1. The molecule has 0 aliphatic heterocycles. The van der Waals surface area contributed by atoms with Gasteiger partial charge in [0.2, 0.25) is 11.7 Å². The Morgan fingerprint density at radius 2 is 1.63 bits per heavy atom. The number of carbonyl (C=O) groups excluding carboxylic acids is 3. The average Bonchev–Trinajstić information content (AvgIpc) is 2.77. The van der Waals surface area contributed by atoms with Crippen LogP contribution >= 0.6 is 0 Å². The first kappa shape index (κ1) is 22.9. The zero-order valence-corrected chi connectivity index (χ0v) is 17.7. The number of ether oxygens (including phenoxy) is 2. The number of Topliss-reactive ketones (excluding diaryl/α,β-unsaturated/α-hetero) is 1. The molecule has 2 aromatic carbocycles. The van der Waals surface area contributed by atoms with E-state index in [9.17, 15) is 14.4 Å². The third-order valence-corrected chi connectivity index (χ3v) is 4.56. The highest BCUT2D eigenvalue weighted by atomic mass is 16.5. The Labute approximate surface area is 176 Å². The van der Waals surface area contributed by atoms with E-state index >= 15 is 0 Å². The number of benzene rings is 2. The summed E-state index contributed by atoms with van der Waals surface area (Å²) < 4.78 is 10.3. The van der Waals surface area contributed by atoms with E-state index in [0.29, 0.717) is 5.56 Å². The number of hydrogen-bond donors (Lipinski definition) is 1. The molecule has 2 aromatic rings. The first-order valence-electron chi connectivity index (χ1n) is 9.80.